The number of phenolic OH excluding ortho intramolecular Hbond substituents is 1. The van der Waals surface area contributed by atoms with E-state index in [0.29, 0.717) is 12.2 Å². The number of nitrogens with two attached hydrogens (primary N) is 1. The van der Waals surface area contributed by atoms with Crippen LogP contribution in [-0.4, -0.2) is 15.2 Å². The quantitative estimate of drug-likeness (QED) is 0.711. The zero-order valence-corrected chi connectivity index (χ0v) is 13.8. The van der Waals surface area contributed by atoms with E-state index in [1.165, 1.54) is 0 Å². The van der Waals surface area contributed by atoms with Gasteiger partial charge in [-0.05, 0) is 53.7 Å². The number of aromatic hydroxyl groups is 1. The van der Waals surface area contributed by atoms with Crippen molar-refractivity contribution in [2.45, 2.75) is 6.42 Å². The fourth-order valence-corrected chi connectivity index (χ4v) is 2.73. The molecule has 1 aromatic heterocycles. The van der Waals surface area contributed by atoms with E-state index in [2.05, 4.69) is 4.98 Å². The molecule has 0 saturated carbocycles. The molecule has 1 heterocycles. The molecule has 5 heteroatoms. The summed E-state index contributed by atoms with van der Waals surface area (Å²) in [4.78, 5) is 6.27. The van der Waals surface area contributed by atoms with Crippen LogP contribution in [0.3, 0.4) is 0 Å². The van der Waals surface area contributed by atoms with Crippen molar-refractivity contribution in [3.8, 4) is 5.75 Å². The van der Waals surface area contributed by atoms with Gasteiger partial charge in [0.2, 0.25) is 0 Å². The molecule has 3 aromatic rings. The summed E-state index contributed by atoms with van der Waals surface area (Å²) in [7, 11) is 0. The Bertz CT molecular complexity index is 835. The molecule has 3 rings (SSSR count). The Morgan fingerprint density at radius 1 is 1.00 bits per heavy atom. The van der Waals surface area contributed by atoms with E-state index in [4.69, 9.17) is 18.0 Å². The lowest BCUT2D eigenvalue weighted by atomic mass is 10.0. The van der Waals surface area contributed by atoms with Gasteiger partial charge in [-0.1, -0.05) is 36.4 Å². The first-order chi connectivity index (χ1) is 11.6. The number of nitrogens with zero attached hydrogens (tertiary/aromatic N) is 2. The highest BCUT2D eigenvalue weighted by molar-refractivity contribution is 7.80. The second-order valence-electron chi connectivity index (χ2n) is 5.34. The number of rotatable bonds is 4. The topological polar surface area (TPSA) is 62.4 Å². The van der Waals surface area contributed by atoms with E-state index in [1.54, 1.807) is 23.2 Å². The summed E-state index contributed by atoms with van der Waals surface area (Å²) < 4.78 is 0. The molecule has 120 valence electrons. The summed E-state index contributed by atoms with van der Waals surface area (Å²) in [6.45, 7) is 0. The van der Waals surface area contributed by atoms with Gasteiger partial charge in [0, 0.05) is 18.3 Å². The fraction of sp³-hybridized carbons (Fsp3) is 0.0526. The molecule has 0 spiro atoms. The molecule has 0 aliphatic heterocycles. The molecular formula is C19H17N3OS. The van der Waals surface area contributed by atoms with E-state index in [1.807, 2.05) is 54.6 Å². The van der Waals surface area contributed by atoms with Gasteiger partial charge in [-0.25, -0.2) is 4.98 Å². The maximum absolute atomic E-state index is 9.43. The maximum Gasteiger partial charge on any atom is 0.176 e. The van der Waals surface area contributed by atoms with E-state index >= 15 is 0 Å². The van der Waals surface area contributed by atoms with Crippen LogP contribution in [0.25, 0.3) is 0 Å². The maximum atomic E-state index is 9.43. The van der Waals surface area contributed by atoms with Crippen LogP contribution in [0.1, 0.15) is 11.1 Å². The standard InChI is InChI=1S/C19H17N3OS/c20-19(24)22(16-6-2-1-3-7-16)18-15(5-4-12-21-18)13-14-8-10-17(23)11-9-14/h1-12,23H,13H2,(H2,20,24). The Morgan fingerprint density at radius 2 is 1.71 bits per heavy atom. The van der Waals surface area contributed by atoms with Gasteiger partial charge in [0.1, 0.15) is 11.6 Å². The van der Waals surface area contributed by atoms with E-state index in [-0.39, 0.29) is 10.9 Å². The van der Waals surface area contributed by atoms with E-state index in [9.17, 15) is 5.11 Å². The van der Waals surface area contributed by atoms with E-state index < -0.39 is 0 Å². The second-order valence-corrected chi connectivity index (χ2v) is 5.76. The van der Waals surface area contributed by atoms with Crippen LogP contribution in [-0.2, 0) is 6.42 Å². The number of thiocarbonyl (C=S) groups is 1. The van der Waals surface area contributed by atoms with Crippen LogP contribution < -0.4 is 10.6 Å². The van der Waals surface area contributed by atoms with Crippen LogP contribution in [0.4, 0.5) is 11.5 Å². The lowest BCUT2D eigenvalue weighted by molar-refractivity contribution is 0.475. The number of aromatic nitrogens is 1. The van der Waals surface area contributed by atoms with Crippen molar-refractivity contribution in [1.82, 2.24) is 4.98 Å². The van der Waals surface area contributed by atoms with Crippen molar-refractivity contribution >= 4 is 28.8 Å². The van der Waals surface area contributed by atoms with E-state index in [0.717, 1.165) is 16.8 Å². The van der Waals surface area contributed by atoms with Gasteiger partial charge in [-0.3, -0.25) is 4.90 Å². The molecule has 0 amide bonds. The Balaban J connectivity index is 2.01. The van der Waals surface area contributed by atoms with Crippen molar-refractivity contribution in [3.05, 3.63) is 84.1 Å². The molecule has 0 aliphatic carbocycles. The molecule has 0 aliphatic rings. The van der Waals surface area contributed by atoms with Crippen LogP contribution in [0.15, 0.2) is 72.9 Å². The summed E-state index contributed by atoms with van der Waals surface area (Å²) in [5.74, 6) is 0.962. The average molecular weight is 335 g/mol. The molecule has 0 saturated heterocycles. The Labute approximate surface area is 146 Å². The van der Waals surface area contributed by atoms with Crippen molar-refractivity contribution in [1.29, 1.82) is 0 Å². The minimum absolute atomic E-state index is 0.242. The Hall–Kier alpha value is -2.92. The van der Waals surface area contributed by atoms with Crippen LogP contribution in [0.5, 0.6) is 5.75 Å². The SMILES string of the molecule is NC(=S)N(c1ccccc1)c1ncccc1Cc1ccc(O)cc1. The van der Waals surface area contributed by atoms with Gasteiger partial charge in [-0.2, -0.15) is 0 Å². The number of pyridine rings is 1. The van der Waals surface area contributed by atoms with Gasteiger partial charge in [0.05, 0.1) is 0 Å². The predicted octanol–water partition coefficient (Wildman–Crippen LogP) is 3.76. The van der Waals surface area contributed by atoms with Gasteiger partial charge in [0.25, 0.3) is 0 Å². The van der Waals surface area contributed by atoms with Crippen molar-refractivity contribution in [3.63, 3.8) is 0 Å². The minimum atomic E-state index is 0.242. The van der Waals surface area contributed by atoms with Crippen LogP contribution in [0.2, 0.25) is 0 Å². The van der Waals surface area contributed by atoms with Crippen molar-refractivity contribution in [2.75, 3.05) is 4.90 Å². The van der Waals surface area contributed by atoms with Gasteiger partial charge in [0.15, 0.2) is 5.11 Å². The first kappa shape index (κ1) is 16.0. The highest BCUT2D eigenvalue weighted by Crippen LogP contribution is 2.28. The molecule has 3 N–H and O–H groups in total. The van der Waals surface area contributed by atoms with Gasteiger partial charge in [-0.15, -0.1) is 0 Å². The number of phenols is 1. The number of benzene rings is 2. The number of hydrogen-bond acceptors (Lipinski definition) is 3. The van der Waals surface area contributed by atoms with Crippen LogP contribution >= 0.6 is 12.2 Å². The summed E-state index contributed by atoms with van der Waals surface area (Å²) in [6.07, 6.45) is 2.39. The molecule has 0 atom stereocenters. The van der Waals surface area contributed by atoms with Crippen LogP contribution in [0, 0.1) is 0 Å². The first-order valence-corrected chi connectivity index (χ1v) is 7.92. The smallest absolute Gasteiger partial charge is 0.176 e. The average Bonchev–Trinajstić information content (AvgIpc) is 2.59. The number of para-hydroxylation sites is 1. The lowest BCUT2D eigenvalue weighted by Gasteiger charge is -2.24. The third-order valence-corrected chi connectivity index (χ3v) is 3.83. The molecule has 0 bridgehead atoms. The largest absolute Gasteiger partial charge is 0.508 e. The molecule has 4 nitrogen and oxygen atoms in total. The van der Waals surface area contributed by atoms with Crippen molar-refractivity contribution in [2.24, 2.45) is 5.73 Å². The van der Waals surface area contributed by atoms with Gasteiger partial charge >= 0.3 is 0 Å². The summed E-state index contributed by atoms with van der Waals surface area (Å²) in [6, 6.07) is 20.7. The third-order valence-electron chi connectivity index (χ3n) is 3.65. The molecule has 2 aromatic carbocycles. The number of anilines is 2. The minimum Gasteiger partial charge on any atom is -0.508 e. The molecule has 0 fully saturated rings. The Morgan fingerprint density at radius 3 is 2.38 bits per heavy atom. The number of hydrogen-bond donors (Lipinski definition) is 2. The summed E-state index contributed by atoms with van der Waals surface area (Å²) in [5, 5.41) is 9.68. The summed E-state index contributed by atoms with van der Waals surface area (Å²) >= 11 is 5.25. The zero-order valence-electron chi connectivity index (χ0n) is 13.0. The third kappa shape index (κ3) is 3.52. The fourth-order valence-electron chi connectivity index (χ4n) is 2.53. The molecule has 24 heavy (non-hydrogen) atoms. The van der Waals surface area contributed by atoms with Crippen molar-refractivity contribution < 1.29 is 5.11 Å². The normalized spacial score (nSPS) is 10.3. The second kappa shape index (κ2) is 7.10. The monoisotopic (exact) mass is 335 g/mol. The van der Waals surface area contributed by atoms with Gasteiger partial charge < -0.3 is 10.8 Å². The first-order valence-electron chi connectivity index (χ1n) is 7.51. The molecular weight excluding hydrogens is 318 g/mol. The molecule has 0 radical (unpaired) electrons. The lowest BCUT2D eigenvalue weighted by Crippen LogP contribution is -2.32. The predicted molar refractivity (Wildman–Crippen MR) is 101 cm³/mol. The molecule has 0 unspecified atom stereocenters. The highest BCUT2D eigenvalue weighted by Gasteiger charge is 2.17. The zero-order chi connectivity index (χ0) is 16.9. The Kier molecular flexibility index (Phi) is 4.72. The summed E-state index contributed by atoms with van der Waals surface area (Å²) in [5.41, 5.74) is 8.91. The highest BCUT2D eigenvalue weighted by atomic mass is 32.1.